The molecule has 0 spiro atoms. The molecule has 5 heteroatoms. The lowest BCUT2D eigenvalue weighted by molar-refractivity contribution is 0.0948. The van der Waals surface area contributed by atoms with E-state index in [2.05, 4.69) is 17.4 Å². The number of methoxy groups -OCH3 is 1. The molecule has 126 valence electrons. The average molecular weight is 326 g/mol. The van der Waals surface area contributed by atoms with Gasteiger partial charge in [0.2, 0.25) is 0 Å². The van der Waals surface area contributed by atoms with Crippen molar-refractivity contribution in [2.75, 3.05) is 7.11 Å². The first-order valence-electron chi connectivity index (χ1n) is 8.14. The lowest BCUT2D eigenvalue weighted by atomic mass is 10.0. The molecule has 1 aliphatic rings. The summed E-state index contributed by atoms with van der Waals surface area (Å²) in [4.78, 5) is 24.6. The van der Waals surface area contributed by atoms with E-state index in [1.807, 2.05) is 6.92 Å². The Kier molecular flexibility index (Phi) is 4.42. The fourth-order valence-electron chi connectivity index (χ4n) is 3.15. The maximum absolute atomic E-state index is 12.4. The van der Waals surface area contributed by atoms with E-state index in [0.29, 0.717) is 6.54 Å². The molecule has 0 saturated carbocycles. The number of hydrogen-bond donors (Lipinski definition) is 1. The van der Waals surface area contributed by atoms with Gasteiger partial charge in [-0.15, -0.1) is 0 Å². The number of nitrogens with one attached hydrogen (secondary N) is 1. The second kappa shape index (κ2) is 6.51. The van der Waals surface area contributed by atoms with Crippen molar-refractivity contribution in [3.63, 3.8) is 0 Å². The highest BCUT2D eigenvalue weighted by Gasteiger charge is 2.17. The summed E-state index contributed by atoms with van der Waals surface area (Å²) >= 11 is 0. The van der Waals surface area contributed by atoms with Crippen molar-refractivity contribution < 1.29 is 9.53 Å². The Morgan fingerprint density at radius 3 is 2.67 bits per heavy atom. The molecule has 2 aromatic rings. The van der Waals surface area contributed by atoms with Crippen LogP contribution < -0.4 is 15.6 Å². The smallest absolute Gasteiger partial charge is 0.263 e. The van der Waals surface area contributed by atoms with Crippen molar-refractivity contribution >= 4 is 5.91 Å². The van der Waals surface area contributed by atoms with Gasteiger partial charge in [-0.2, -0.15) is 0 Å². The fourth-order valence-corrected chi connectivity index (χ4v) is 3.15. The largest absolute Gasteiger partial charge is 0.496 e. The molecule has 0 saturated heterocycles. The molecule has 0 radical (unpaired) electrons. The molecule has 0 atom stereocenters. The van der Waals surface area contributed by atoms with Gasteiger partial charge in [0, 0.05) is 24.8 Å². The van der Waals surface area contributed by atoms with Gasteiger partial charge in [-0.25, -0.2) is 0 Å². The number of carbonyl (C=O) groups excluding carboxylic acids is 1. The zero-order chi connectivity index (χ0) is 17.3. The van der Waals surface area contributed by atoms with Crippen molar-refractivity contribution in [3.05, 3.63) is 62.6 Å². The first-order valence-corrected chi connectivity index (χ1v) is 8.14. The molecule has 1 aromatic heterocycles. The summed E-state index contributed by atoms with van der Waals surface area (Å²) in [6.07, 6.45) is 3.31. The Morgan fingerprint density at radius 2 is 1.96 bits per heavy atom. The Hall–Kier alpha value is -2.56. The van der Waals surface area contributed by atoms with Gasteiger partial charge < -0.3 is 14.6 Å². The van der Waals surface area contributed by atoms with Crippen LogP contribution in [-0.4, -0.2) is 17.6 Å². The van der Waals surface area contributed by atoms with Gasteiger partial charge in [0.05, 0.1) is 7.11 Å². The van der Waals surface area contributed by atoms with Crippen LogP contribution in [0.15, 0.2) is 29.1 Å². The van der Waals surface area contributed by atoms with Gasteiger partial charge in [-0.1, -0.05) is 6.07 Å². The number of rotatable bonds is 4. The number of carbonyl (C=O) groups is 1. The van der Waals surface area contributed by atoms with Crippen molar-refractivity contribution in [1.82, 2.24) is 9.88 Å². The topological polar surface area (TPSA) is 60.3 Å². The molecule has 1 aliphatic carbocycles. The molecule has 0 aliphatic heterocycles. The summed E-state index contributed by atoms with van der Waals surface area (Å²) in [5.74, 6) is 0.422. The maximum atomic E-state index is 12.4. The van der Waals surface area contributed by atoms with Crippen LogP contribution in [0.2, 0.25) is 0 Å². The number of fused-ring (bicyclic) bond motifs is 1. The molecular formula is C19H22N2O3. The van der Waals surface area contributed by atoms with Crippen LogP contribution in [-0.2, 0) is 26.4 Å². The third-order valence-corrected chi connectivity index (χ3v) is 4.73. The number of ether oxygens (including phenoxy) is 1. The Morgan fingerprint density at radius 1 is 1.25 bits per heavy atom. The summed E-state index contributed by atoms with van der Waals surface area (Å²) in [6.45, 7) is 2.17. The quantitative estimate of drug-likeness (QED) is 0.936. The number of aromatic nitrogens is 1. The summed E-state index contributed by atoms with van der Waals surface area (Å²) < 4.78 is 6.93. The van der Waals surface area contributed by atoms with E-state index in [9.17, 15) is 9.59 Å². The zero-order valence-electron chi connectivity index (χ0n) is 14.3. The molecule has 0 bridgehead atoms. The Bertz CT molecular complexity index is 852. The number of amides is 1. The van der Waals surface area contributed by atoms with Crippen molar-refractivity contribution in [3.8, 4) is 5.75 Å². The third-order valence-electron chi connectivity index (χ3n) is 4.73. The van der Waals surface area contributed by atoms with E-state index < -0.39 is 0 Å². The van der Waals surface area contributed by atoms with E-state index in [1.165, 1.54) is 15.7 Å². The minimum Gasteiger partial charge on any atom is -0.496 e. The van der Waals surface area contributed by atoms with Crippen LogP contribution in [0.3, 0.4) is 0 Å². The molecule has 5 nitrogen and oxygen atoms in total. The Balaban J connectivity index is 1.80. The van der Waals surface area contributed by atoms with Crippen LogP contribution in [0.1, 0.15) is 39.2 Å². The molecular weight excluding hydrogens is 304 g/mol. The Labute approximate surface area is 141 Å². The monoisotopic (exact) mass is 326 g/mol. The van der Waals surface area contributed by atoms with Crippen molar-refractivity contribution in [1.29, 1.82) is 0 Å². The lowest BCUT2D eigenvalue weighted by Gasteiger charge is -2.13. The number of hydrogen-bond acceptors (Lipinski definition) is 3. The molecule has 0 unspecified atom stereocenters. The minimum absolute atomic E-state index is 0.156. The normalized spacial score (nSPS) is 12.8. The van der Waals surface area contributed by atoms with Crippen LogP contribution in [0.4, 0.5) is 0 Å². The van der Waals surface area contributed by atoms with E-state index in [-0.39, 0.29) is 17.0 Å². The molecule has 1 N–H and O–H groups in total. The SMILES string of the molecule is COc1cc2c(cc1CNC(=O)c1ccc(C)n(C)c1=O)CCC2. The van der Waals surface area contributed by atoms with Gasteiger partial charge in [0.25, 0.3) is 11.5 Å². The summed E-state index contributed by atoms with van der Waals surface area (Å²) in [5, 5.41) is 2.84. The number of pyridine rings is 1. The number of nitrogens with zero attached hydrogens (tertiary/aromatic N) is 1. The molecule has 24 heavy (non-hydrogen) atoms. The van der Waals surface area contributed by atoms with Gasteiger partial charge in [-0.3, -0.25) is 9.59 Å². The van der Waals surface area contributed by atoms with Crippen LogP contribution in [0.25, 0.3) is 0 Å². The lowest BCUT2D eigenvalue weighted by Crippen LogP contribution is -2.32. The minimum atomic E-state index is -0.363. The summed E-state index contributed by atoms with van der Waals surface area (Å²) in [5.41, 5.74) is 4.28. The first-order chi connectivity index (χ1) is 11.5. The molecule has 0 fully saturated rings. The molecule has 3 rings (SSSR count). The van der Waals surface area contributed by atoms with E-state index >= 15 is 0 Å². The van der Waals surface area contributed by atoms with Crippen LogP contribution >= 0.6 is 0 Å². The van der Waals surface area contributed by atoms with Gasteiger partial charge >= 0.3 is 0 Å². The van der Waals surface area contributed by atoms with Gasteiger partial charge in [0.15, 0.2) is 0 Å². The second-order valence-corrected chi connectivity index (χ2v) is 6.22. The van der Waals surface area contributed by atoms with Crippen LogP contribution in [0.5, 0.6) is 5.75 Å². The number of aryl methyl sites for hydroxylation is 3. The van der Waals surface area contributed by atoms with Crippen LogP contribution in [0, 0.1) is 6.92 Å². The zero-order valence-corrected chi connectivity index (χ0v) is 14.3. The van der Waals surface area contributed by atoms with E-state index in [4.69, 9.17) is 4.74 Å². The summed E-state index contributed by atoms with van der Waals surface area (Å²) in [7, 11) is 3.30. The number of benzene rings is 1. The van der Waals surface area contributed by atoms with Gasteiger partial charge in [-0.05, 0) is 55.5 Å². The fraction of sp³-hybridized carbons (Fsp3) is 0.368. The molecule has 1 amide bonds. The highest BCUT2D eigenvalue weighted by Crippen LogP contribution is 2.29. The van der Waals surface area contributed by atoms with Crippen molar-refractivity contribution in [2.45, 2.75) is 32.7 Å². The third kappa shape index (κ3) is 2.94. The molecule has 1 heterocycles. The predicted octanol–water partition coefficient (Wildman–Crippen LogP) is 2.12. The van der Waals surface area contributed by atoms with Crippen molar-refractivity contribution in [2.24, 2.45) is 7.05 Å². The predicted molar refractivity (Wildman–Crippen MR) is 92.6 cm³/mol. The van der Waals surface area contributed by atoms with Gasteiger partial charge in [0.1, 0.15) is 11.3 Å². The molecule has 1 aromatic carbocycles. The average Bonchev–Trinajstić information content (AvgIpc) is 3.04. The first kappa shape index (κ1) is 16.3. The highest BCUT2D eigenvalue weighted by molar-refractivity contribution is 5.93. The standard InChI is InChI=1S/C19H22N2O3/c1-12-7-8-16(19(23)21(12)2)18(22)20-11-15-9-13-5-4-6-14(13)10-17(15)24-3/h7-10H,4-6,11H2,1-3H3,(H,20,22). The van der Waals surface area contributed by atoms with E-state index in [0.717, 1.165) is 36.3 Å². The summed E-state index contributed by atoms with van der Waals surface area (Å²) in [6, 6.07) is 7.52. The second-order valence-electron chi connectivity index (χ2n) is 6.22. The van der Waals surface area contributed by atoms with E-state index in [1.54, 1.807) is 26.3 Å². The maximum Gasteiger partial charge on any atom is 0.263 e. The highest BCUT2D eigenvalue weighted by atomic mass is 16.5.